The summed E-state index contributed by atoms with van der Waals surface area (Å²) in [5.74, 6) is 1.48. The van der Waals surface area contributed by atoms with Gasteiger partial charge in [0, 0.05) is 20.1 Å². The van der Waals surface area contributed by atoms with Crippen LogP contribution in [0.2, 0.25) is 0 Å². The van der Waals surface area contributed by atoms with Crippen molar-refractivity contribution in [2.75, 3.05) is 13.6 Å². The second-order valence-electron chi connectivity index (χ2n) is 5.13. The molecule has 0 atom stereocenters. The number of aryl methyl sites for hydroxylation is 2. The molecule has 4 heteroatoms. The first kappa shape index (κ1) is 18.2. The van der Waals surface area contributed by atoms with Crippen LogP contribution < -0.4 is 10.6 Å². The van der Waals surface area contributed by atoms with E-state index < -0.39 is 0 Å². The average Bonchev–Trinajstić information content (AvgIpc) is 2.31. The van der Waals surface area contributed by atoms with Gasteiger partial charge in [-0.25, -0.2) is 0 Å². The highest BCUT2D eigenvalue weighted by molar-refractivity contribution is 14.0. The third kappa shape index (κ3) is 6.80. The third-order valence-corrected chi connectivity index (χ3v) is 2.85. The number of nitrogens with one attached hydrogen (secondary N) is 2. The van der Waals surface area contributed by atoms with E-state index >= 15 is 0 Å². The molecule has 0 aliphatic rings. The summed E-state index contributed by atoms with van der Waals surface area (Å²) in [6.45, 7) is 10.4. The Balaban J connectivity index is 0.00000324. The second-order valence-corrected chi connectivity index (χ2v) is 5.13. The van der Waals surface area contributed by atoms with Crippen LogP contribution in [-0.4, -0.2) is 19.6 Å². The summed E-state index contributed by atoms with van der Waals surface area (Å²) in [5.41, 5.74) is 3.94. The quantitative estimate of drug-likeness (QED) is 0.482. The first-order valence-corrected chi connectivity index (χ1v) is 6.53. The van der Waals surface area contributed by atoms with E-state index in [-0.39, 0.29) is 24.0 Å². The maximum absolute atomic E-state index is 4.22. The largest absolute Gasteiger partial charge is 0.356 e. The lowest BCUT2D eigenvalue weighted by atomic mass is 10.1. The van der Waals surface area contributed by atoms with Gasteiger partial charge in [0.15, 0.2) is 5.96 Å². The molecule has 0 aromatic heterocycles. The summed E-state index contributed by atoms with van der Waals surface area (Å²) in [7, 11) is 1.80. The molecule has 0 bridgehead atoms. The summed E-state index contributed by atoms with van der Waals surface area (Å²) >= 11 is 0. The number of nitrogens with zero attached hydrogens (tertiary/aromatic N) is 1. The molecule has 0 aliphatic carbocycles. The third-order valence-electron chi connectivity index (χ3n) is 2.85. The molecular formula is C15H26IN3. The minimum atomic E-state index is 0. The van der Waals surface area contributed by atoms with Crippen molar-refractivity contribution in [2.24, 2.45) is 10.9 Å². The van der Waals surface area contributed by atoms with E-state index in [0.29, 0.717) is 5.92 Å². The fourth-order valence-electron chi connectivity index (χ4n) is 1.74. The van der Waals surface area contributed by atoms with Gasteiger partial charge in [-0.3, -0.25) is 4.99 Å². The van der Waals surface area contributed by atoms with Crippen LogP contribution in [0.4, 0.5) is 0 Å². The molecule has 108 valence electrons. The number of halogens is 1. The van der Waals surface area contributed by atoms with Gasteiger partial charge in [-0.2, -0.15) is 0 Å². The lowest BCUT2D eigenvalue weighted by Crippen LogP contribution is -2.38. The van der Waals surface area contributed by atoms with E-state index in [1.807, 2.05) is 0 Å². The Morgan fingerprint density at radius 1 is 1.21 bits per heavy atom. The number of hydrogen-bond donors (Lipinski definition) is 2. The van der Waals surface area contributed by atoms with Gasteiger partial charge in [-0.05, 0) is 30.9 Å². The van der Waals surface area contributed by atoms with Crippen molar-refractivity contribution >= 4 is 29.9 Å². The van der Waals surface area contributed by atoms with Crippen molar-refractivity contribution in [3.8, 4) is 0 Å². The van der Waals surface area contributed by atoms with Crippen LogP contribution in [0.25, 0.3) is 0 Å². The van der Waals surface area contributed by atoms with E-state index in [4.69, 9.17) is 0 Å². The molecule has 19 heavy (non-hydrogen) atoms. The zero-order valence-electron chi connectivity index (χ0n) is 12.6. The van der Waals surface area contributed by atoms with Gasteiger partial charge in [0.05, 0.1) is 0 Å². The predicted molar refractivity (Wildman–Crippen MR) is 94.4 cm³/mol. The van der Waals surface area contributed by atoms with E-state index in [2.05, 4.69) is 61.5 Å². The molecular weight excluding hydrogens is 349 g/mol. The maximum atomic E-state index is 4.22. The van der Waals surface area contributed by atoms with Crippen LogP contribution in [0.15, 0.2) is 23.2 Å². The highest BCUT2D eigenvalue weighted by Crippen LogP contribution is 2.09. The van der Waals surface area contributed by atoms with E-state index in [0.717, 1.165) is 19.0 Å². The van der Waals surface area contributed by atoms with Crippen molar-refractivity contribution in [3.05, 3.63) is 34.9 Å². The van der Waals surface area contributed by atoms with E-state index in [9.17, 15) is 0 Å². The average molecular weight is 375 g/mol. The summed E-state index contributed by atoms with van der Waals surface area (Å²) < 4.78 is 0. The maximum Gasteiger partial charge on any atom is 0.191 e. The summed E-state index contributed by atoms with van der Waals surface area (Å²) in [6.07, 6.45) is 0. The molecule has 0 spiro atoms. The molecule has 0 saturated carbocycles. The number of hydrogen-bond acceptors (Lipinski definition) is 1. The Morgan fingerprint density at radius 2 is 1.89 bits per heavy atom. The molecule has 0 unspecified atom stereocenters. The molecule has 0 radical (unpaired) electrons. The van der Waals surface area contributed by atoms with Crippen molar-refractivity contribution < 1.29 is 0 Å². The van der Waals surface area contributed by atoms with Crippen molar-refractivity contribution in [3.63, 3.8) is 0 Å². The minimum Gasteiger partial charge on any atom is -0.356 e. The summed E-state index contributed by atoms with van der Waals surface area (Å²) in [6, 6.07) is 6.53. The topological polar surface area (TPSA) is 36.4 Å². The van der Waals surface area contributed by atoms with Crippen LogP contribution >= 0.6 is 24.0 Å². The first-order chi connectivity index (χ1) is 8.52. The van der Waals surface area contributed by atoms with Crippen molar-refractivity contribution in [1.82, 2.24) is 10.6 Å². The lowest BCUT2D eigenvalue weighted by Gasteiger charge is -2.14. The minimum absolute atomic E-state index is 0. The van der Waals surface area contributed by atoms with Gasteiger partial charge in [0.1, 0.15) is 0 Å². The van der Waals surface area contributed by atoms with Crippen LogP contribution in [0, 0.1) is 19.8 Å². The second kappa shape index (κ2) is 9.18. The lowest BCUT2D eigenvalue weighted by molar-refractivity contribution is 0.614. The molecule has 0 amide bonds. The summed E-state index contributed by atoms with van der Waals surface area (Å²) in [4.78, 5) is 4.22. The van der Waals surface area contributed by atoms with E-state index in [1.54, 1.807) is 7.05 Å². The monoisotopic (exact) mass is 375 g/mol. The van der Waals surface area contributed by atoms with Crippen LogP contribution in [-0.2, 0) is 6.54 Å². The SMILES string of the molecule is CN=C(NCc1ccc(C)cc1C)NCC(C)C.I. The van der Waals surface area contributed by atoms with Gasteiger partial charge in [-0.15, -0.1) is 24.0 Å². The number of aliphatic imine (C=N–C) groups is 1. The zero-order chi connectivity index (χ0) is 13.5. The molecule has 0 saturated heterocycles. The molecule has 0 heterocycles. The molecule has 2 N–H and O–H groups in total. The zero-order valence-corrected chi connectivity index (χ0v) is 14.9. The highest BCUT2D eigenvalue weighted by Gasteiger charge is 2.02. The smallest absolute Gasteiger partial charge is 0.191 e. The van der Waals surface area contributed by atoms with Crippen molar-refractivity contribution in [1.29, 1.82) is 0 Å². The molecule has 1 aromatic carbocycles. The molecule has 0 aliphatic heterocycles. The fourth-order valence-corrected chi connectivity index (χ4v) is 1.74. The molecule has 1 aromatic rings. The van der Waals surface area contributed by atoms with Crippen molar-refractivity contribution in [2.45, 2.75) is 34.2 Å². The first-order valence-electron chi connectivity index (χ1n) is 6.53. The van der Waals surface area contributed by atoms with Gasteiger partial charge < -0.3 is 10.6 Å². The highest BCUT2D eigenvalue weighted by atomic mass is 127. The number of rotatable bonds is 4. The fraction of sp³-hybridized carbons (Fsp3) is 0.533. The van der Waals surface area contributed by atoms with Gasteiger partial charge in [0.2, 0.25) is 0 Å². The Morgan fingerprint density at radius 3 is 2.42 bits per heavy atom. The molecule has 0 fully saturated rings. The van der Waals surface area contributed by atoms with Gasteiger partial charge >= 0.3 is 0 Å². The van der Waals surface area contributed by atoms with Gasteiger partial charge in [0.25, 0.3) is 0 Å². The van der Waals surface area contributed by atoms with Crippen LogP contribution in [0.3, 0.4) is 0 Å². The Hall–Kier alpha value is -0.780. The Kier molecular flexibility index (Phi) is 8.80. The predicted octanol–water partition coefficient (Wildman–Crippen LogP) is 3.24. The normalized spacial score (nSPS) is 11.2. The Bertz CT molecular complexity index is 414. The van der Waals surface area contributed by atoms with E-state index in [1.165, 1.54) is 16.7 Å². The Labute approximate surface area is 134 Å². The standard InChI is InChI=1S/C15H25N3.HI/c1-11(2)9-17-15(16-5)18-10-14-7-6-12(3)8-13(14)4;/h6-8,11H,9-10H2,1-5H3,(H2,16,17,18);1H. The molecule has 1 rings (SSSR count). The van der Waals surface area contributed by atoms with Crippen LogP contribution in [0.5, 0.6) is 0 Å². The van der Waals surface area contributed by atoms with Crippen LogP contribution in [0.1, 0.15) is 30.5 Å². The van der Waals surface area contributed by atoms with Gasteiger partial charge in [-0.1, -0.05) is 37.6 Å². The molecule has 3 nitrogen and oxygen atoms in total. The number of guanidine groups is 1. The number of benzene rings is 1. The summed E-state index contributed by atoms with van der Waals surface area (Å²) in [5, 5.41) is 6.65.